The molecule has 0 amide bonds. The van der Waals surface area contributed by atoms with E-state index in [4.69, 9.17) is 5.73 Å². The Hall–Kier alpha value is -3.22. The van der Waals surface area contributed by atoms with Gasteiger partial charge in [0, 0.05) is 6.07 Å². The molecule has 13 heteroatoms. The van der Waals surface area contributed by atoms with Crippen molar-refractivity contribution < 1.29 is 26.3 Å². The highest BCUT2D eigenvalue weighted by atomic mass is 19.4. The van der Waals surface area contributed by atoms with E-state index in [-0.39, 0.29) is 29.1 Å². The fourth-order valence-electron chi connectivity index (χ4n) is 2.58. The molecule has 2 aromatic heterocycles. The number of rotatable bonds is 4. The molecule has 0 aromatic carbocycles. The van der Waals surface area contributed by atoms with Crippen molar-refractivity contribution in [2.75, 3.05) is 5.32 Å². The molecule has 1 aliphatic heterocycles. The predicted molar refractivity (Wildman–Crippen MR) is 99.4 cm³/mol. The molecular weight excluding hydrogens is 428 g/mol. The van der Waals surface area contributed by atoms with Crippen molar-refractivity contribution in [1.82, 2.24) is 20.3 Å². The fraction of sp³-hybridized carbons (Fsp3) is 0.333. The highest BCUT2D eigenvalue weighted by Gasteiger charge is 2.36. The zero-order chi connectivity index (χ0) is 23.0. The van der Waals surface area contributed by atoms with Gasteiger partial charge in [0.1, 0.15) is 40.7 Å². The van der Waals surface area contributed by atoms with Crippen LogP contribution in [0.5, 0.6) is 0 Å². The molecule has 3 rings (SSSR count). The first-order chi connectivity index (χ1) is 14.3. The second-order valence-corrected chi connectivity index (χ2v) is 7.00. The summed E-state index contributed by atoms with van der Waals surface area (Å²) in [6, 6.07) is 3.95. The first-order valence-corrected chi connectivity index (χ1v) is 8.87. The SMILES string of the molecule is CC(C)C1(N)C=C(Nc2cc(C(F)(F)F)ncn2)NC(c2cccc(C(F)(F)F)n2)=N1. The average Bonchev–Trinajstić information content (AvgIpc) is 2.66. The van der Waals surface area contributed by atoms with Gasteiger partial charge in [-0.05, 0) is 24.1 Å². The Morgan fingerprint density at radius 1 is 1.03 bits per heavy atom. The number of hydrogen-bond donors (Lipinski definition) is 3. The summed E-state index contributed by atoms with van der Waals surface area (Å²) in [7, 11) is 0. The Labute approximate surface area is 172 Å². The van der Waals surface area contributed by atoms with Gasteiger partial charge in [-0.3, -0.25) is 0 Å². The summed E-state index contributed by atoms with van der Waals surface area (Å²) in [4.78, 5) is 14.8. The van der Waals surface area contributed by atoms with Gasteiger partial charge < -0.3 is 16.4 Å². The van der Waals surface area contributed by atoms with Gasteiger partial charge in [-0.15, -0.1) is 0 Å². The van der Waals surface area contributed by atoms with E-state index in [1.54, 1.807) is 13.8 Å². The van der Waals surface area contributed by atoms with Crippen LogP contribution in [0.25, 0.3) is 0 Å². The van der Waals surface area contributed by atoms with Gasteiger partial charge in [-0.25, -0.2) is 19.9 Å². The molecule has 0 fully saturated rings. The predicted octanol–water partition coefficient (Wildman–Crippen LogP) is 3.52. The Morgan fingerprint density at radius 3 is 2.32 bits per heavy atom. The topological polar surface area (TPSA) is 101 Å². The van der Waals surface area contributed by atoms with Crippen molar-refractivity contribution in [3.05, 3.63) is 59.6 Å². The fourth-order valence-corrected chi connectivity index (χ4v) is 2.58. The third kappa shape index (κ3) is 5.10. The van der Waals surface area contributed by atoms with E-state index in [0.717, 1.165) is 18.5 Å². The maximum atomic E-state index is 13.0. The number of aliphatic imine (C=N–C) groups is 1. The number of amidine groups is 1. The average molecular weight is 445 g/mol. The zero-order valence-electron chi connectivity index (χ0n) is 16.2. The van der Waals surface area contributed by atoms with E-state index in [1.807, 2.05) is 0 Å². The molecule has 1 unspecified atom stereocenters. The van der Waals surface area contributed by atoms with Crippen LogP contribution < -0.4 is 16.4 Å². The highest BCUT2D eigenvalue weighted by molar-refractivity contribution is 5.99. The highest BCUT2D eigenvalue weighted by Crippen LogP contribution is 2.30. The molecule has 3 heterocycles. The van der Waals surface area contributed by atoms with Crippen molar-refractivity contribution in [2.45, 2.75) is 31.9 Å². The summed E-state index contributed by atoms with van der Waals surface area (Å²) in [6.07, 6.45) is -7.22. The van der Waals surface area contributed by atoms with Crippen LogP contribution in [0.15, 0.2) is 47.5 Å². The van der Waals surface area contributed by atoms with E-state index < -0.39 is 29.4 Å². The monoisotopic (exact) mass is 445 g/mol. The van der Waals surface area contributed by atoms with E-state index in [1.165, 1.54) is 12.1 Å². The summed E-state index contributed by atoms with van der Waals surface area (Å²) in [5, 5.41) is 5.35. The smallest absolute Gasteiger partial charge is 0.327 e. The molecular formula is C18H17F6N7. The van der Waals surface area contributed by atoms with Gasteiger partial charge in [0.05, 0.1) is 0 Å². The minimum Gasteiger partial charge on any atom is -0.327 e. The van der Waals surface area contributed by atoms with Crippen molar-refractivity contribution in [1.29, 1.82) is 0 Å². The first kappa shape index (κ1) is 22.5. The molecule has 7 nitrogen and oxygen atoms in total. The van der Waals surface area contributed by atoms with Crippen LogP contribution in [0.3, 0.4) is 0 Å². The molecule has 0 saturated carbocycles. The second kappa shape index (κ2) is 7.80. The first-order valence-electron chi connectivity index (χ1n) is 8.87. The van der Waals surface area contributed by atoms with Gasteiger partial charge in [0.25, 0.3) is 0 Å². The van der Waals surface area contributed by atoms with Gasteiger partial charge in [0.15, 0.2) is 5.84 Å². The molecule has 0 radical (unpaired) electrons. The number of aromatic nitrogens is 3. The van der Waals surface area contributed by atoms with Crippen LogP contribution in [0.1, 0.15) is 30.9 Å². The van der Waals surface area contributed by atoms with Crippen LogP contribution in [0.2, 0.25) is 0 Å². The molecule has 0 saturated heterocycles. The number of hydrogen-bond acceptors (Lipinski definition) is 7. The maximum absolute atomic E-state index is 13.0. The number of pyridine rings is 1. The van der Waals surface area contributed by atoms with E-state index >= 15 is 0 Å². The van der Waals surface area contributed by atoms with Crippen LogP contribution in [-0.2, 0) is 12.4 Å². The normalized spacial score (nSPS) is 19.5. The minimum absolute atomic E-state index is 0.0761. The Morgan fingerprint density at radius 2 is 1.71 bits per heavy atom. The molecule has 0 bridgehead atoms. The lowest BCUT2D eigenvalue weighted by molar-refractivity contribution is -0.142. The van der Waals surface area contributed by atoms with Crippen molar-refractivity contribution in [3.63, 3.8) is 0 Å². The number of alkyl halides is 6. The third-order valence-electron chi connectivity index (χ3n) is 4.36. The minimum atomic E-state index is -4.68. The molecule has 0 spiro atoms. The summed E-state index contributed by atoms with van der Waals surface area (Å²) < 4.78 is 77.8. The van der Waals surface area contributed by atoms with E-state index in [0.29, 0.717) is 6.07 Å². The van der Waals surface area contributed by atoms with Gasteiger partial charge in [-0.2, -0.15) is 26.3 Å². The van der Waals surface area contributed by atoms with Gasteiger partial charge in [-0.1, -0.05) is 19.9 Å². The lowest BCUT2D eigenvalue weighted by Crippen LogP contribution is -2.49. The standard InChI is InChI=1S/C18H17F6N7/c1-9(2)16(25)7-14(29-13-6-12(18(22,23)24)26-8-27-13)30-15(31-16)10-4-3-5-11(28-10)17(19,20)21/h3-9H,25H2,1-2H3,(H,30,31)(H,26,27,29). The largest absolute Gasteiger partial charge is 0.433 e. The van der Waals surface area contributed by atoms with Crippen LogP contribution in [0, 0.1) is 5.92 Å². The quantitative estimate of drug-likeness (QED) is 0.623. The number of nitrogens with zero attached hydrogens (tertiary/aromatic N) is 4. The second-order valence-electron chi connectivity index (χ2n) is 7.00. The summed E-state index contributed by atoms with van der Waals surface area (Å²) in [6.45, 7) is 3.46. The third-order valence-corrected chi connectivity index (χ3v) is 4.36. The van der Waals surface area contributed by atoms with E-state index in [9.17, 15) is 26.3 Å². The van der Waals surface area contributed by atoms with Crippen LogP contribution in [0.4, 0.5) is 32.2 Å². The van der Waals surface area contributed by atoms with Crippen molar-refractivity contribution in [2.24, 2.45) is 16.6 Å². The molecule has 4 N–H and O–H groups in total. The number of nitrogens with two attached hydrogens (primary N) is 1. The summed E-state index contributed by atoms with van der Waals surface area (Å²) in [5.41, 5.74) is 2.47. The van der Waals surface area contributed by atoms with Crippen LogP contribution in [-0.4, -0.2) is 26.5 Å². The summed E-state index contributed by atoms with van der Waals surface area (Å²) in [5.74, 6) is -0.529. The van der Waals surface area contributed by atoms with Crippen LogP contribution >= 0.6 is 0 Å². The Bertz CT molecular complexity index is 1030. The van der Waals surface area contributed by atoms with Gasteiger partial charge >= 0.3 is 12.4 Å². The molecule has 2 aromatic rings. The number of halogens is 6. The maximum Gasteiger partial charge on any atom is 0.433 e. The molecule has 1 aliphatic rings. The van der Waals surface area contributed by atoms with Crippen molar-refractivity contribution in [3.8, 4) is 0 Å². The van der Waals surface area contributed by atoms with E-state index in [2.05, 4.69) is 30.6 Å². The van der Waals surface area contributed by atoms with Gasteiger partial charge in [0.2, 0.25) is 0 Å². The molecule has 166 valence electrons. The Balaban J connectivity index is 1.97. The molecule has 1 atom stereocenters. The number of nitrogens with one attached hydrogen (secondary N) is 2. The number of anilines is 1. The Kier molecular flexibility index (Phi) is 5.65. The zero-order valence-corrected chi connectivity index (χ0v) is 16.2. The lowest BCUT2D eigenvalue weighted by atomic mass is 9.96. The lowest BCUT2D eigenvalue weighted by Gasteiger charge is -2.32. The van der Waals surface area contributed by atoms with Crippen molar-refractivity contribution >= 4 is 11.7 Å². The molecule has 31 heavy (non-hydrogen) atoms. The molecule has 0 aliphatic carbocycles. The summed E-state index contributed by atoms with van der Waals surface area (Å²) >= 11 is 0.